The second-order valence-electron chi connectivity index (χ2n) is 7.09. The highest BCUT2D eigenvalue weighted by Crippen LogP contribution is 2.33. The van der Waals surface area contributed by atoms with Crippen LogP contribution in [-0.2, 0) is 10.0 Å². The first-order valence-electron chi connectivity index (χ1n) is 8.17. The Morgan fingerprint density at radius 2 is 1.90 bits per heavy atom. The summed E-state index contributed by atoms with van der Waals surface area (Å²) < 4.78 is 24.9. The predicted molar refractivity (Wildman–Crippen MR) is 86.9 cm³/mol. The fraction of sp³-hybridized carbons (Fsp3) is 1.00. The number of nitrogens with zero attached hydrogens (tertiary/aromatic N) is 2. The van der Waals surface area contributed by atoms with Gasteiger partial charge in [0, 0.05) is 25.2 Å². The van der Waals surface area contributed by atoms with Crippen LogP contribution in [0, 0.1) is 5.92 Å². The molecule has 5 nitrogen and oxygen atoms in total. The minimum Gasteiger partial charge on any atom is -0.315 e. The van der Waals surface area contributed by atoms with Gasteiger partial charge in [-0.1, -0.05) is 12.8 Å². The van der Waals surface area contributed by atoms with Crippen LogP contribution in [0.5, 0.6) is 0 Å². The first kappa shape index (κ1) is 17.2. The summed E-state index contributed by atoms with van der Waals surface area (Å²) in [4.78, 5) is 2.37. The van der Waals surface area contributed by atoms with E-state index >= 15 is 0 Å². The smallest absolute Gasteiger partial charge is 0.211 e. The van der Waals surface area contributed by atoms with Gasteiger partial charge in [0.1, 0.15) is 0 Å². The molecule has 2 aliphatic rings. The molecule has 0 amide bonds. The van der Waals surface area contributed by atoms with Crippen LogP contribution < -0.4 is 5.32 Å². The summed E-state index contributed by atoms with van der Waals surface area (Å²) in [5, 5.41) is 3.63. The van der Waals surface area contributed by atoms with Gasteiger partial charge in [-0.3, -0.25) is 0 Å². The van der Waals surface area contributed by atoms with Crippen LogP contribution in [0.4, 0.5) is 0 Å². The second-order valence-corrected chi connectivity index (χ2v) is 9.07. The van der Waals surface area contributed by atoms with Crippen molar-refractivity contribution in [2.24, 2.45) is 5.92 Å². The SMILES string of the molecule is CN(C)C1(CNCC2CCCN(S(C)(=O)=O)C2)CCCC1. The van der Waals surface area contributed by atoms with Crippen molar-refractivity contribution < 1.29 is 8.42 Å². The van der Waals surface area contributed by atoms with E-state index in [1.807, 2.05) is 0 Å². The van der Waals surface area contributed by atoms with Crippen LogP contribution in [0.1, 0.15) is 38.5 Å². The summed E-state index contributed by atoms with van der Waals surface area (Å²) in [5.41, 5.74) is 0.311. The summed E-state index contributed by atoms with van der Waals surface area (Å²) in [5.74, 6) is 0.453. The molecule has 0 aromatic heterocycles. The maximum atomic E-state index is 11.7. The molecule has 0 bridgehead atoms. The number of hydrogen-bond donors (Lipinski definition) is 1. The molecule has 0 aromatic rings. The molecule has 1 N–H and O–H groups in total. The summed E-state index contributed by atoms with van der Waals surface area (Å²) in [6.45, 7) is 3.33. The van der Waals surface area contributed by atoms with Crippen molar-refractivity contribution in [3.8, 4) is 0 Å². The summed E-state index contributed by atoms with van der Waals surface area (Å²) in [6, 6.07) is 0. The van der Waals surface area contributed by atoms with E-state index in [-0.39, 0.29) is 0 Å². The van der Waals surface area contributed by atoms with Crippen molar-refractivity contribution in [3.05, 3.63) is 0 Å². The van der Waals surface area contributed by atoms with Crippen LogP contribution in [0.2, 0.25) is 0 Å². The van der Waals surface area contributed by atoms with Gasteiger partial charge >= 0.3 is 0 Å². The molecule has 1 aliphatic heterocycles. The molecule has 124 valence electrons. The molecule has 0 radical (unpaired) electrons. The van der Waals surface area contributed by atoms with Crippen molar-refractivity contribution in [1.82, 2.24) is 14.5 Å². The Morgan fingerprint density at radius 3 is 2.48 bits per heavy atom. The molecule has 6 heteroatoms. The Kier molecular flexibility index (Phi) is 5.68. The van der Waals surface area contributed by atoms with Crippen LogP contribution in [0.25, 0.3) is 0 Å². The van der Waals surface area contributed by atoms with Crippen molar-refractivity contribution in [1.29, 1.82) is 0 Å². The van der Waals surface area contributed by atoms with Gasteiger partial charge in [-0.15, -0.1) is 0 Å². The van der Waals surface area contributed by atoms with Gasteiger partial charge in [0.25, 0.3) is 0 Å². The second kappa shape index (κ2) is 6.94. The lowest BCUT2D eigenvalue weighted by Crippen LogP contribution is -2.51. The molecule has 0 spiro atoms. The molecule has 0 aromatic carbocycles. The van der Waals surface area contributed by atoms with Gasteiger partial charge in [0.05, 0.1) is 6.26 Å². The number of likely N-dealkylation sites (N-methyl/N-ethyl adjacent to an activating group) is 1. The van der Waals surface area contributed by atoms with Crippen molar-refractivity contribution in [2.45, 2.75) is 44.1 Å². The zero-order chi connectivity index (χ0) is 15.5. The van der Waals surface area contributed by atoms with Crippen LogP contribution in [0.3, 0.4) is 0 Å². The van der Waals surface area contributed by atoms with Crippen molar-refractivity contribution in [2.75, 3.05) is 46.5 Å². The zero-order valence-corrected chi connectivity index (χ0v) is 14.6. The van der Waals surface area contributed by atoms with Crippen LogP contribution >= 0.6 is 0 Å². The maximum absolute atomic E-state index is 11.7. The van der Waals surface area contributed by atoms with E-state index in [4.69, 9.17) is 0 Å². The lowest BCUT2D eigenvalue weighted by Gasteiger charge is -2.38. The van der Waals surface area contributed by atoms with E-state index in [1.165, 1.54) is 31.9 Å². The number of rotatable bonds is 6. The molecule has 1 heterocycles. The Labute approximate surface area is 130 Å². The molecule has 1 saturated heterocycles. The summed E-state index contributed by atoms with van der Waals surface area (Å²) >= 11 is 0. The first-order chi connectivity index (χ1) is 9.83. The standard InChI is InChI=1S/C15H31N3O2S/c1-17(2)15(8-4-5-9-15)13-16-11-14-7-6-10-18(12-14)21(3,19)20/h14,16H,4-13H2,1-3H3. The molecule has 2 fully saturated rings. The third kappa shape index (κ3) is 4.41. The molecule has 1 aliphatic carbocycles. The van der Waals surface area contributed by atoms with E-state index in [2.05, 4.69) is 24.3 Å². The van der Waals surface area contributed by atoms with Gasteiger partial charge in [-0.25, -0.2) is 12.7 Å². The molecule has 2 rings (SSSR count). The summed E-state index contributed by atoms with van der Waals surface area (Å²) in [7, 11) is 1.33. The number of hydrogen-bond acceptors (Lipinski definition) is 4. The van der Waals surface area contributed by atoms with E-state index in [1.54, 1.807) is 4.31 Å². The largest absolute Gasteiger partial charge is 0.315 e. The molecular formula is C15H31N3O2S. The van der Waals surface area contributed by atoms with E-state index < -0.39 is 10.0 Å². The number of nitrogens with one attached hydrogen (secondary N) is 1. The third-order valence-corrected chi connectivity index (χ3v) is 6.59. The van der Waals surface area contributed by atoms with Gasteiger partial charge in [0.15, 0.2) is 0 Å². The minimum atomic E-state index is -3.03. The number of piperidine rings is 1. The normalized spacial score (nSPS) is 27.3. The Balaban J connectivity index is 1.80. The number of sulfonamides is 1. The highest BCUT2D eigenvalue weighted by Gasteiger charge is 2.35. The Hall–Kier alpha value is -0.170. The Bertz CT molecular complexity index is 430. The summed E-state index contributed by atoms with van der Waals surface area (Å²) in [6.07, 6.45) is 8.63. The predicted octanol–water partition coefficient (Wildman–Crippen LogP) is 1.12. The van der Waals surface area contributed by atoms with E-state index in [0.29, 0.717) is 24.5 Å². The van der Waals surface area contributed by atoms with E-state index in [0.717, 1.165) is 25.9 Å². The van der Waals surface area contributed by atoms with Gasteiger partial charge in [-0.05, 0) is 52.2 Å². The van der Waals surface area contributed by atoms with Crippen molar-refractivity contribution in [3.63, 3.8) is 0 Å². The van der Waals surface area contributed by atoms with Gasteiger partial charge in [-0.2, -0.15) is 0 Å². The average molecular weight is 317 g/mol. The molecule has 1 unspecified atom stereocenters. The minimum absolute atomic E-state index is 0.311. The highest BCUT2D eigenvalue weighted by atomic mass is 32.2. The lowest BCUT2D eigenvalue weighted by atomic mass is 9.94. The highest BCUT2D eigenvalue weighted by molar-refractivity contribution is 7.88. The van der Waals surface area contributed by atoms with Crippen molar-refractivity contribution >= 4 is 10.0 Å². The fourth-order valence-corrected chi connectivity index (χ4v) is 4.76. The third-order valence-electron chi connectivity index (χ3n) is 5.32. The molecule has 21 heavy (non-hydrogen) atoms. The van der Waals surface area contributed by atoms with Gasteiger partial charge < -0.3 is 10.2 Å². The molecular weight excluding hydrogens is 286 g/mol. The topological polar surface area (TPSA) is 52.6 Å². The van der Waals surface area contributed by atoms with Gasteiger partial charge in [0.2, 0.25) is 10.0 Å². The van der Waals surface area contributed by atoms with Crippen LogP contribution in [0.15, 0.2) is 0 Å². The Morgan fingerprint density at radius 1 is 1.24 bits per heavy atom. The van der Waals surface area contributed by atoms with Crippen LogP contribution in [-0.4, -0.2) is 69.7 Å². The zero-order valence-electron chi connectivity index (χ0n) is 13.8. The maximum Gasteiger partial charge on any atom is 0.211 e. The lowest BCUT2D eigenvalue weighted by molar-refractivity contribution is 0.149. The monoisotopic (exact) mass is 317 g/mol. The molecule has 1 saturated carbocycles. The fourth-order valence-electron chi connectivity index (χ4n) is 3.82. The molecule has 1 atom stereocenters. The first-order valence-corrected chi connectivity index (χ1v) is 10.0. The quantitative estimate of drug-likeness (QED) is 0.798. The average Bonchev–Trinajstić information content (AvgIpc) is 2.88. The van der Waals surface area contributed by atoms with E-state index in [9.17, 15) is 8.42 Å².